The number of fused-ring (bicyclic) bond motifs is 1. The van der Waals surface area contributed by atoms with E-state index < -0.39 is 29.4 Å². The van der Waals surface area contributed by atoms with Crippen LogP contribution in [-0.4, -0.2) is 49.0 Å². The Hall–Kier alpha value is -2.41. The summed E-state index contributed by atoms with van der Waals surface area (Å²) in [4.78, 5) is 39.6. The molecule has 0 bridgehead atoms. The van der Waals surface area contributed by atoms with Crippen molar-refractivity contribution in [1.82, 2.24) is 10.2 Å². The lowest BCUT2D eigenvalue weighted by molar-refractivity contribution is -0.156. The first kappa shape index (κ1) is 18.4. The fourth-order valence-corrected chi connectivity index (χ4v) is 4.25. The number of esters is 1. The van der Waals surface area contributed by atoms with E-state index in [4.69, 9.17) is 9.47 Å². The Labute approximate surface area is 152 Å². The molecule has 0 saturated carbocycles. The van der Waals surface area contributed by atoms with Crippen LogP contribution in [0, 0.1) is 11.8 Å². The molecular weight excluding hydrogens is 336 g/mol. The molecule has 2 heterocycles. The van der Waals surface area contributed by atoms with Gasteiger partial charge < -0.3 is 9.47 Å². The van der Waals surface area contributed by atoms with Gasteiger partial charge in [-0.2, -0.15) is 0 Å². The molecule has 7 heteroatoms. The molecule has 0 aromatic heterocycles. The number of benzene rings is 1. The standard InChI is InChI=1S/C19H24N2O5/c1-5-19(18(24)26-6-2)14-13(16(22)21(3)17(14)23)15(20-19)11-9-7-8-10-12(11)25-4/h7-10,13-15,20H,5-6H2,1-4H3/t13-,14+,15-,19-/m1/s1. The summed E-state index contributed by atoms with van der Waals surface area (Å²) < 4.78 is 10.7. The number of nitrogens with zero attached hydrogens (tertiary/aromatic N) is 1. The molecule has 1 aromatic carbocycles. The summed E-state index contributed by atoms with van der Waals surface area (Å²) in [5.41, 5.74) is -0.481. The van der Waals surface area contributed by atoms with Gasteiger partial charge in [-0.3, -0.25) is 24.6 Å². The molecule has 3 rings (SSSR count). The topological polar surface area (TPSA) is 84.9 Å². The zero-order valence-electron chi connectivity index (χ0n) is 15.4. The molecule has 1 aromatic rings. The molecule has 26 heavy (non-hydrogen) atoms. The minimum atomic E-state index is -1.23. The van der Waals surface area contributed by atoms with Crippen LogP contribution < -0.4 is 10.1 Å². The van der Waals surface area contributed by atoms with E-state index in [9.17, 15) is 14.4 Å². The highest BCUT2D eigenvalue weighted by atomic mass is 16.5. The number of rotatable bonds is 5. The van der Waals surface area contributed by atoms with Gasteiger partial charge >= 0.3 is 5.97 Å². The lowest BCUT2D eigenvalue weighted by Gasteiger charge is -2.31. The first-order chi connectivity index (χ1) is 12.4. The Balaban J connectivity index is 2.15. The molecular formula is C19H24N2O5. The van der Waals surface area contributed by atoms with Gasteiger partial charge in [0.15, 0.2) is 0 Å². The maximum absolute atomic E-state index is 12.8. The van der Waals surface area contributed by atoms with Gasteiger partial charge in [0.25, 0.3) is 0 Å². The Morgan fingerprint density at radius 1 is 1.23 bits per heavy atom. The first-order valence-electron chi connectivity index (χ1n) is 8.82. The Bertz CT molecular complexity index is 749. The number of para-hydroxylation sites is 1. The van der Waals surface area contributed by atoms with E-state index in [1.807, 2.05) is 25.1 Å². The molecule has 0 unspecified atom stereocenters. The number of hydrogen-bond acceptors (Lipinski definition) is 6. The van der Waals surface area contributed by atoms with Crippen molar-refractivity contribution in [2.75, 3.05) is 20.8 Å². The van der Waals surface area contributed by atoms with Crippen molar-refractivity contribution >= 4 is 17.8 Å². The zero-order chi connectivity index (χ0) is 19.1. The Morgan fingerprint density at radius 2 is 1.92 bits per heavy atom. The molecule has 2 fully saturated rings. The minimum Gasteiger partial charge on any atom is -0.496 e. The SMILES string of the molecule is CCOC(=O)[C@]1(CC)N[C@H](c2ccccc2OC)[C@@H]2C(=O)N(C)C(=O)[C@H]21. The van der Waals surface area contributed by atoms with Gasteiger partial charge in [0.2, 0.25) is 11.8 Å². The fourth-order valence-electron chi connectivity index (χ4n) is 4.25. The van der Waals surface area contributed by atoms with Crippen LogP contribution in [0.2, 0.25) is 0 Å². The van der Waals surface area contributed by atoms with Crippen molar-refractivity contribution in [3.63, 3.8) is 0 Å². The largest absolute Gasteiger partial charge is 0.496 e. The Kier molecular flexibility index (Phi) is 4.75. The molecule has 0 spiro atoms. The van der Waals surface area contributed by atoms with Crippen molar-refractivity contribution in [3.05, 3.63) is 29.8 Å². The third kappa shape index (κ3) is 2.41. The first-order valence-corrected chi connectivity index (χ1v) is 8.82. The van der Waals surface area contributed by atoms with Crippen molar-refractivity contribution in [2.24, 2.45) is 11.8 Å². The van der Waals surface area contributed by atoms with Crippen LogP contribution in [-0.2, 0) is 19.1 Å². The van der Waals surface area contributed by atoms with Gasteiger partial charge in [0.05, 0.1) is 25.6 Å². The van der Waals surface area contributed by atoms with Crippen LogP contribution in [0.5, 0.6) is 5.75 Å². The van der Waals surface area contributed by atoms with Crippen LogP contribution in [0.4, 0.5) is 0 Å². The van der Waals surface area contributed by atoms with Gasteiger partial charge in [-0.25, -0.2) is 0 Å². The molecule has 7 nitrogen and oxygen atoms in total. The van der Waals surface area contributed by atoms with Crippen molar-refractivity contribution in [1.29, 1.82) is 0 Å². The number of carbonyl (C=O) groups excluding carboxylic acids is 3. The molecule has 0 radical (unpaired) electrons. The third-order valence-corrected chi connectivity index (χ3v) is 5.55. The molecule has 2 aliphatic rings. The second-order valence-corrected chi connectivity index (χ2v) is 6.65. The van der Waals surface area contributed by atoms with Crippen LogP contribution in [0.15, 0.2) is 24.3 Å². The van der Waals surface area contributed by atoms with Gasteiger partial charge in [-0.15, -0.1) is 0 Å². The summed E-state index contributed by atoms with van der Waals surface area (Å²) in [7, 11) is 3.02. The van der Waals surface area contributed by atoms with E-state index in [-0.39, 0.29) is 18.4 Å². The number of nitrogens with one attached hydrogen (secondary N) is 1. The lowest BCUT2D eigenvalue weighted by Crippen LogP contribution is -2.55. The van der Waals surface area contributed by atoms with Crippen molar-refractivity contribution < 1.29 is 23.9 Å². The predicted octanol–water partition coefficient (Wildman–Crippen LogP) is 1.28. The number of imide groups is 1. The predicted molar refractivity (Wildman–Crippen MR) is 93.3 cm³/mol. The van der Waals surface area contributed by atoms with Crippen molar-refractivity contribution in [2.45, 2.75) is 31.8 Å². The van der Waals surface area contributed by atoms with Gasteiger partial charge in [0.1, 0.15) is 11.3 Å². The maximum Gasteiger partial charge on any atom is 0.327 e. The molecule has 4 atom stereocenters. The second-order valence-electron chi connectivity index (χ2n) is 6.65. The maximum atomic E-state index is 12.8. The zero-order valence-corrected chi connectivity index (χ0v) is 15.4. The van der Waals surface area contributed by atoms with Gasteiger partial charge in [-0.1, -0.05) is 25.1 Å². The lowest BCUT2D eigenvalue weighted by atomic mass is 9.78. The molecule has 0 aliphatic carbocycles. The highest BCUT2D eigenvalue weighted by Gasteiger charge is 2.67. The van der Waals surface area contributed by atoms with Crippen LogP contribution in [0.25, 0.3) is 0 Å². The average molecular weight is 360 g/mol. The number of ether oxygens (including phenoxy) is 2. The van der Waals surface area contributed by atoms with E-state index >= 15 is 0 Å². The molecule has 1 N–H and O–H groups in total. The normalized spacial score (nSPS) is 30.5. The monoisotopic (exact) mass is 360 g/mol. The fraction of sp³-hybridized carbons (Fsp3) is 0.526. The number of methoxy groups -OCH3 is 1. The highest BCUT2D eigenvalue weighted by Crippen LogP contribution is 2.51. The summed E-state index contributed by atoms with van der Waals surface area (Å²) in [6.07, 6.45) is 0.339. The van der Waals surface area contributed by atoms with E-state index in [1.165, 1.54) is 7.05 Å². The summed E-state index contributed by atoms with van der Waals surface area (Å²) in [5.74, 6) is -1.99. The summed E-state index contributed by atoms with van der Waals surface area (Å²) >= 11 is 0. The molecule has 140 valence electrons. The van der Waals surface area contributed by atoms with Gasteiger partial charge in [-0.05, 0) is 19.4 Å². The van der Waals surface area contributed by atoms with Gasteiger partial charge in [0, 0.05) is 18.7 Å². The van der Waals surface area contributed by atoms with Crippen LogP contribution in [0.3, 0.4) is 0 Å². The quantitative estimate of drug-likeness (QED) is 0.629. The van der Waals surface area contributed by atoms with Crippen molar-refractivity contribution in [3.8, 4) is 5.75 Å². The molecule has 2 aliphatic heterocycles. The van der Waals surface area contributed by atoms with Crippen LogP contribution >= 0.6 is 0 Å². The van der Waals surface area contributed by atoms with E-state index in [0.717, 1.165) is 10.5 Å². The summed E-state index contributed by atoms with van der Waals surface area (Å²) in [6, 6.07) is 6.81. The summed E-state index contributed by atoms with van der Waals surface area (Å²) in [5, 5.41) is 3.29. The van der Waals surface area contributed by atoms with E-state index in [0.29, 0.717) is 12.2 Å². The average Bonchev–Trinajstić information content (AvgIpc) is 3.12. The van der Waals surface area contributed by atoms with E-state index in [2.05, 4.69) is 5.32 Å². The number of carbonyl (C=O) groups is 3. The molecule has 2 amide bonds. The number of hydrogen-bond donors (Lipinski definition) is 1. The smallest absolute Gasteiger partial charge is 0.327 e. The highest BCUT2D eigenvalue weighted by molar-refractivity contribution is 6.09. The van der Waals surface area contributed by atoms with Crippen LogP contribution in [0.1, 0.15) is 31.9 Å². The minimum absolute atomic E-state index is 0.205. The second kappa shape index (κ2) is 6.72. The number of likely N-dealkylation sites (tertiary alicyclic amines) is 1. The van der Waals surface area contributed by atoms with E-state index in [1.54, 1.807) is 20.1 Å². The summed E-state index contributed by atoms with van der Waals surface area (Å²) in [6.45, 7) is 3.75. The Morgan fingerprint density at radius 3 is 2.54 bits per heavy atom. The molecule has 2 saturated heterocycles. The third-order valence-electron chi connectivity index (χ3n) is 5.55. The number of amides is 2.